The smallest absolute Gasteiger partial charge is 0.243 e. The highest BCUT2D eigenvalue weighted by Gasteiger charge is 2.29. The Kier molecular flexibility index (Phi) is 5.09. The monoisotopic (exact) mass is 378 g/mol. The number of halogens is 1. The summed E-state index contributed by atoms with van der Waals surface area (Å²) in [7, 11) is -3.50. The highest BCUT2D eigenvalue weighted by atomic mass is 35.5. The lowest BCUT2D eigenvalue weighted by Gasteiger charge is -2.36. The van der Waals surface area contributed by atoms with Gasteiger partial charge in [0, 0.05) is 36.9 Å². The summed E-state index contributed by atoms with van der Waals surface area (Å²) in [4.78, 5) is 2.53. The first-order chi connectivity index (χ1) is 11.8. The second-order valence-corrected chi connectivity index (χ2v) is 8.87. The summed E-state index contributed by atoms with van der Waals surface area (Å²) >= 11 is 6.10. The van der Waals surface area contributed by atoms with Crippen molar-refractivity contribution >= 4 is 27.3 Å². The lowest BCUT2D eigenvalue weighted by Crippen LogP contribution is -2.48. The molecule has 1 heterocycles. The van der Waals surface area contributed by atoms with Gasteiger partial charge in [-0.25, -0.2) is 8.42 Å². The fourth-order valence-corrected chi connectivity index (χ4v) is 4.82. The SMILES string of the molecule is Cc1ccc(S(=O)(=O)N2CCN(c3cccc(C)c3C)CC2)cc1Cl. The third-order valence-corrected chi connectivity index (χ3v) is 7.24. The first-order valence-electron chi connectivity index (χ1n) is 8.38. The first kappa shape index (κ1) is 18.2. The third kappa shape index (κ3) is 3.54. The maximum atomic E-state index is 12.9. The van der Waals surface area contributed by atoms with Gasteiger partial charge < -0.3 is 4.90 Å². The van der Waals surface area contributed by atoms with Gasteiger partial charge in [0.05, 0.1) is 4.90 Å². The van der Waals surface area contributed by atoms with Gasteiger partial charge in [0.15, 0.2) is 0 Å². The van der Waals surface area contributed by atoms with Crippen molar-refractivity contribution in [1.82, 2.24) is 4.31 Å². The van der Waals surface area contributed by atoms with Crippen molar-refractivity contribution in [2.24, 2.45) is 0 Å². The highest BCUT2D eigenvalue weighted by Crippen LogP contribution is 2.27. The second kappa shape index (κ2) is 6.98. The minimum Gasteiger partial charge on any atom is -0.369 e. The largest absolute Gasteiger partial charge is 0.369 e. The topological polar surface area (TPSA) is 40.6 Å². The molecule has 1 saturated heterocycles. The van der Waals surface area contributed by atoms with Gasteiger partial charge in [0.2, 0.25) is 10.0 Å². The number of nitrogens with zero attached hydrogens (tertiary/aromatic N) is 2. The normalized spacial score (nSPS) is 16.2. The zero-order valence-electron chi connectivity index (χ0n) is 14.8. The van der Waals surface area contributed by atoms with E-state index in [4.69, 9.17) is 11.6 Å². The Morgan fingerprint density at radius 3 is 2.24 bits per heavy atom. The number of rotatable bonds is 3. The van der Waals surface area contributed by atoms with Gasteiger partial charge >= 0.3 is 0 Å². The summed E-state index contributed by atoms with van der Waals surface area (Å²) < 4.78 is 27.3. The van der Waals surface area contributed by atoms with E-state index in [0.717, 1.165) is 5.56 Å². The Morgan fingerprint density at radius 2 is 1.60 bits per heavy atom. The minimum atomic E-state index is -3.50. The molecule has 0 saturated carbocycles. The van der Waals surface area contributed by atoms with Crippen molar-refractivity contribution in [2.75, 3.05) is 31.1 Å². The van der Waals surface area contributed by atoms with Gasteiger partial charge in [-0.05, 0) is 55.7 Å². The lowest BCUT2D eigenvalue weighted by atomic mass is 10.1. The van der Waals surface area contributed by atoms with Crippen LogP contribution in [0.5, 0.6) is 0 Å². The number of sulfonamides is 1. The Morgan fingerprint density at radius 1 is 0.920 bits per heavy atom. The number of hydrogen-bond donors (Lipinski definition) is 0. The molecular formula is C19H23ClN2O2S. The van der Waals surface area contributed by atoms with E-state index in [-0.39, 0.29) is 4.90 Å². The quantitative estimate of drug-likeness (QED) is 0.816. The number of hydrogen-bond acceptors (Lipinski definition) is 3. The number of anilines is 1. The van der Waals surface area contributed by atoms with E-state index in [1.807, 2.05) is 6.92 Å². The number of benzene rings is 2. The fourth-order valence-electron chi connectivity index (χ4n) is 3.13. The lowest BCUT2D eigenvalue weighted by molar-refractivity contribution is 0.384. The van der Waals surface area contributed by atoms with Gasteiger partial charge in [0.25, 0.3) is 0 Å². The van der Waals surface area contributed by atoms with E-state index < -0.39 is 10.0 Å². The maximum absolute atomic E-state index is 12.9. The van der Waals surface area contributed by atoms with Crippen molar-refractivity contribution < 1.29 is 8.42 Å². The molecule has 0 bridgehead atoms. The molecule has 0 aromatic heterocycles. The van der Waals surface area contributed by atoms with Crippen LogP contribution in [0.3, 0.4) is 0 Å². The van der Waals surface area contributed by atoms with Gasteiger partial charge in [-0.1, -0.05) is 29.8 Å². The summed E-state index contributed by atoms with van der Waals surface area (Å²) in [6.45, 7) is 8.39. The maximum Gasteiger partial charge on any atom is 0.243 e. The zero-order valence-corrected chi connectivity index (χ0v) is 16.4. The average Bonchev–Trinajstić information content (AvgIpc) is 2.60. The van der Waals surface area contributed by atoms with Crippen molar-refractivity contribution in [3.63, 3.8) is 0 Å². The molecule has 2 aromatic carbocycles. The fraction of sp³-hybridized carbons (Fsp3) is 0.368. The molecule has 0 spiro atoms. The molecule has 1 aliphatic rings. The summed E-state index contributed by atoms with van der Waals surface area (Å²) in [5, 5.41) is 0.482. The van der Waals surface area contributed by atoms with Gasteiger partial charge in [-0.3, -0.25) is 0 Å². The molecule has 0 radical (unpaired) electrons. The van der Waals surface area contributed by atoms with E-state index in [2.05, 4.69) is 36.9 Å². The van der Waals surface area contributed by atoms with Crippen molar-refractivity contribution in [2.45, 2.75) is 25.7 Å². The Balaban J connectivity index is 1.77. The van der Waals surface area contributed by atoms with E-state index in [9.17, 15) is 8.42 Å². The third-order valence-electron chi connectivity index (χ3n) is 4.94. The van der Waals surface area contributed by atoms with E-state index in [0.29, 0.717) is 31.2 Å². The Bertz CT molecular complexity index is 888. The zero-order chi connectivity index (χ0) is 18.2. The molecule has 0 unspecified atom stereocenters. The van der Waals surface area contributed by atoms with Crippen molar-refractivity contribution in [3.8, 4) is 0 Å². The second-order valence-electron chi connectivity index (χ2n) is 6.52. The molecule has 1 fully saturated rings. The summed E-state index contributed by atoms with van der Waals surface area (Å²) in [6, 6.07) is 11.2. The van der Waals surface area contributed by atoms with Crippen LogP contribution in [0.15, 0.2) is 41.3 Å². The van der Waals surface area contributed by atoms with Gasteiger partial charge in [-0.2, -0.15) is 4.31 Å². The van der Waals surface area contributed by atoms with Crippen LogP contribution in [0.1, 0.15) is 16.7 Å². The van der Waals surface area contributed by atoms with Crippen molar-refractivity contribution in [3.05, 3.63) is 58.1 Å². The van der Waals surface area contributed by atoms with Crippen LogP contribution in [0.25, 0.3) is 0 Å². The Labute approximate surface area is 155 Å². The predicted octanol–water partition coefficient (Wildman–Crippen LogP) is 3.78. The van der Waals surface area contributed by atoms with Crippen LogP contribution in [0.2, 0.25) is 5.02 Å². The molecule has 134 valence electrons. The van der Waals surface area contributed by atoms with E-state index in [1.165, 1.54) is 16.8 Å². The van der Waals surface area contributed by atoms with E-state index in [1.54, 1.807) is 22.5 Å². The summed E-state index contributed by atoms with van der Waals surface area (Å²) in [6.07, 6.45) is 0. The van der Waals surface area contributed by atoms with Crippen LogP contribution >= 0.6 is 11.6 Å². The van der Waals surface area contributed by atoms with Gasteiger partial charge in [0.1, 0.15) is 0 Å². The van der Waals surface area contributed by atoms with Crippen LogP contribution in [0.4, 0.5) is 5.69 Å². The minimum absolute atomic E-state index is 0.267. The molecular weight excluding hydrogens is 356 g/mol. The van der Waals surface area contributed by atoms with Crippen LogP contribution < -0.4 is 4.90 Å². The molecule has 25 heavy (non-hydrogen) atoms. The molecule has 4 nitrogen and oxygen atoms in total. The highest BCUT2D eigenvalue weighted by molar-refractivity contribution is 7.89. The van der Waals surface area contributed by atoms with Crippen LogP contribution in [-0.2, 0) is 10.0 Å². The molecule has 0 aliphatic carbocycles. The Hall–Kier alpha value is -1.56. The van der Waals surface area contributed by atoms with Crippen LogP contribution in [-0.4, -0.2) is 38.9 Å². The predicted molar refractivity (Wildman–Crippen MR) is 103 cm³/mol. The standard InChI is InChI=1S/C19H23ClN2O2S/c1-14-5-4-6-19(16(14)3)21-9-11-22(12-10-21)25(23,24)17-8-7-15(2)18(20)13-17/h4-8,13H,9-12H2,1-3H3. The van der Waals surface area contributed by atoms with Crippen molar-refractivity contribution in [1.29, 1.82) is 0 Å². The molecule has 6 heteroatoms. The molecule has 0 atom stereocenters. The first-order valence-corrected chi connectivity index (χ1v) is 10.2. The molecule has 0 amide bonds. The number of piperazine rings is 1. The van der Waals surface area contributed by atoms with Gasteiger partial charge in [-0.15, -0.1) is 0 Å². The molecule has 0 N–H and O–H groups in total. The van der Waals surface area contributed by atoms with Crippen LogP contribution in [0, 0.1) is 20.8 Å². The molecule has 3 rings (SSSR count). The average molecular weight is 379 g/mol. The summed E-state index contributed by atoms with van der Waals surface area (Å²) in [5.41, 5.74) is 4.57. The molecule has 1 aliphatic heterocycles. The molecule has 2 aromatic rings. The van der Waals surface area contributed by atoms with E-state index >= 15 is 0 Å². The number of aryl methyl sites for hydroxylation is 2. The summed E-state index contributed by atoms with van der Waals surface area (Å²) in [5.74, 6) is 0.